The van der Waals surface area contributed by atoms with Gasteiger partial charge < -0.3 is 10.1 Å². The number of hydrogen-bond donors (Lipinski definition) is 1. The van der Waals surface area contributed by atoms with Crippen molar-refractivity contribution in [3.8, 4) is 5.75 Å². The fourth-order valence-corrected chi connectivity index (χ4v) is 2.95. The molecule has 2 aromatic rings. The number of ether oxygens (including phenoxy) is 1. The number of nitrogens with one attached hydrogen (secondary N) is 1. The number of carbonyl (C=O) groups excluding carboxylic acids is 1. The van der Waals surface area contributed by atoms with Crippen LogP contribution in [0.15, 0.2) is 47.4 Å². The predicted molar refractivity (Wildman–Crippen MR) is 83.9 cm³/mol. The minimum Gasteiger partial charge on any atom is -0.497 e. The summed E-state index contributed by atoms with van der Waals surface area (Å²) in [4.78, 5) is 12.6. The van der Waals surface area contributed by atoms with Gasteiger partial charge in [-0.15, -0.1) is 0 Å². The summed E-state index contributed by atoms with van der Waals surface area (Å²) >= 11 is 0. The molecule has 0 aliphatic heterocycles. The number of hydrogen-bond acceptors (Lipinski definition) is 3. The van der Waals surface area contributed by atoms with Gasteiger partial charge in [0.2, 0.25) is 5.91 Å². The van der Waals surface area contributed by atoms with Crippen molar-refractivity contribution in [3.05, 3.63) is 54.1 Å². The molecule has 0 radical (unpaired) electrons. The number of methoxy groups -OCH3 is 1. The van der Waals surface area contributed by atoms with Crippen LogP contribution in [0.2, 0.25) is 0 Å². The summed E-state index contributed by atoms with van der Waals surface area (Å²) in [7, 11) is -0.126. The highest BCUT2D eigenvalue weighted by Gasteiger charge is 2.22. The first-order valence-electron chi connectivity index (χ1n) is 6.73. The molecule has 23 heavy (non-hydrogen) atoms. The van der Waals surface area contributed by atoms with Gasteiger partial charge in [-0.1, -0.05) is 6.07 Å². The molecule has 2 atom stereocenters. The molecule has 7 heteroatoms. The van der Waals surface area contributed by atoms with Crippen LogP contribution in [0, 0.1) is 11.6 Å². The molecule has 2 aromatic carbocycles. The molecule has 0 heterocycles. The van der Waals surface area contributed by atoms with Crippen molar-refractivity contribution in [3.63, 3.8) is 0 Å². The van der Waals surface area contributed by atoms with E-state index in [-0.39, 0.29) is 5.69 Å². The van der Waals surface area contributed by atoms with E-state index in [0.717, 1.165) is 12.1 Å². The fourth-order valence-electron chi connectivity index (χ4n) is 1.85. The molecule has 0 bridgehead atoms. The fraction of sp³-hybridized carbons (Fsp3) is 0.188. The first kappa shape index (κ1) is 17.1. The Morgan fingerprint density at radius 1 is 1.17 bits per heavy atom. The van der Waals surface area contributed by atoms with Crippen LogP contribution in [0.1, 0.15) is 6.92 Å². The van der Waals surface area contributed by atoms with Gasteiger partial charge in [-0.3, -0.25) is 9.00 Å². The van der Waals surface area contributed by atoms with Crippen LogP contribution in [-0.2, 0) is 15.6 Å². The zero-order valence-electron chi connectivity index (χ0n) is 12.5. The van der Waals surface area contributed by atoms with E-state index in [1.807, 2.05) is 0 Å². The zero-order chi connectivity index (χ0) is 17.0. The first-order valence-corrected chi connectivity index (χ1v) is 7.94. The molecule has 0 unspecified atom stereocenters. The lowest BCUT2D eigenvalue weighted by Crippen LogP contribution is -2.29. The van der Waals surface area contributed by atoms with E-state index < -0.39 is 33.6 Å². The van der Waals surface area contributed by atoms with Crippen molar-refractivity contribution in [2.75, 3.05) is 12.4 Å². The Hall–Kier alpha value is -2.28. The van der Waals surface area contributed by atoms with E-state index in [9.17, 15) is 17.8 Å². The van der Waals surface area contributed by atoms with E-state index in [4.69, 9.17) is 4.74 Å². The number of amides is 1. The molecule has 4 nitrogen and oxygen atoms in total. The number of carbonyl (C=O) groups is 1. The molecule has 0 saturated heterocycles. The third-order valence-electron chi connectivity index (χ3n) is 3.15. The second kappa shape index (κ2) is 7.32. The highest BCUT2D eigenvalue weighted by molar-refractivity contribution is 7.86. The van der Waals surface area contributed by atoms with Gasteiger partial charge in [0.1, 0.15) is 11.0 Å². The van der Waals surface area contributed by atoms with Crippen molar-refractivity contribution in [1.29, 1.82) is 0 Å². The topological polar surface area (TPSA) is 55.4 Å². The molecule has 0 fully saturated rings. The van der Waals surface area contributed by atoms with Gasteiger partial charge in [0.15, 0.2) is 11.6 Å². The van der Waals surface area contributed by atoms with Crippen molar-refractivity contribution >= 4 is 22.4 Å². The predicted octanol–water partition coefficient (Wildman–Crippen LogP) is 3.11. The number of benzene rings is 2. The summed E-state index contributed by atoms with van der Waals surface area (Å²) < 4.78 is 43.5. The lowest BCUT2D eigenvalue weighted by molar-refractivity contribution is -0.115. The molecule has 0 aliphatic rings. The quantitative estimate of drug-likeness (QED) is 0.911. The molecule has 2 rings (SSSR count). The molecular formula is C16H15F2NO3S. The standard InChI is InChI=1S/C16H15F2NO3S/c1-10(23(21)13-5-3-4-12(9-13)22-2)16(20)19-11-6-7-14(17)15(18)8-11/h3-10H,1-2H3,(H,19,20)/t10-,23-/m1/s1. The van der Waals surface area contributed by atoms with Crippen LogP contribution < -0.4 is 10.1 Å². The Morgan fingerprint density at radius 3 is 2.57 bits per heavy atom. The van der Waals surface area contributed by atoms with Crippen LogP contribution in [0.4, 0.5) is 14.5 Å². The van der Waals surface area contributed by atoms with Gasteiger partial charge in [0.05, 0.1) is 17.9 Å². The Labute approximate surface area is 134 Å². The van der Waals surface area contributed by atoms with E-state index in [0.29, 0.717) is 10.6 Å². The summed E-state index contributed by atoms with van der Waals surface area (Å²) in [5.41, 5.74) is 0.100. The van der Waals surface area contributed by atoms with E-state index in [2.05, 4.69) is 5.32 Å². The Kier molecular flexibility index (Phi) is 5.44. The Morgan fingerprint density at radius 2 is 1.91 bits per heavy atom. The highest BCUT2D eigenvalue weighted by Crippen LogP contribution is 2.19. The van der Waals surface area contributed by atoms with Gasteiger partial charge in [0.25, 0.3) is 0 Å². The number of rotatable bonds is 5. The van der Waals surface area contributed by atoms with Crippen LogP contribution >= 0.6 is 0 Å². The van der Waals surface area contributed by atoms with Crippen molar-refractivity contribution in [1.82, 2.24) is 0 Å². The average Bonchev–Trinajstić information content (AvgIpc) is 2.56. The smallest absolute Gasteiger partial charge is 0.240 e. The SMILES string of the molecule is COc1cccc([S@](=O)[C@H](C)C(=O)Nc2ccc(F)c(F)c2)c1. The lowest BCUT2D eigenvalue weighted by Gasteiger charge is -2.13. The zero-order valence-corrected chi connectivity index (χ0v) is 13.3. The second-order valence-electron chi connectivity index (χ2n) is 4.74. The van der Waals surface area contributed by atoms with Crippen LogP contribution in [0.5, 0.6) is 5.75 Å². The summed E-state index contributed by atoms with van der Waals surface area (Å²) in [6, 6.07) is 9.59. The minimum atomic E-state index is -1.61. The molecule has 0 aromatic heterocycles. The largest absolute Gasteiger partial charge is 0.497 e. The monoisotopic (exact) mass is 339 g/mol. The van der Waals surface area contributed by atoms with E-state index in [1.165, 1.54) is 20.1 Å². The normalized spacial score (nSPS) is 13.2. The molecule has 1 N–H and O–H groups in total. The molecule has 0 saturated carbocycles. The van der Waals surface area contributed by atoms with Gasteiger partial charge in [-0.2, -0.15) is 0 Å². The Balaban J connectivity index is 2.11. The molecule has 0 spiro atoms. The lowest BCUT2D eigenvalue weighted by atomic mass is 10.3. The van der Waals surface area contributed by atoms with Crippen LogP contribution in [0.25, 0.3) is 0 Å². The second-order valence-corrected chi connectivity index (χ2v) is 6.51. The van der Waals surface area contributed by atoms with E-state index in [1.54, 1.807) is 24.3 Å². The van der Waals surface area contributed by atoms with Crippen LogP contribution in [0.3, 0.4) is 0 Å². The van der Waals surface area contributed by atoms with Crippen LogP contribution in [-0.4, -0.2) is 22.5 Å². The maximum absolute atomic E-state index is 13.1. The third-order valence-corrected chi connectivity index (χ3v) is 4.73. The van der Waals surface area contributed by atoms with Gasteiger partial charge >= 0.3 is 0 Å². The summed E-state index contributed by atoms with van der Waals surface area (Å²) in [5.74, 6) is -2.10. The van der Waals surface area contributed by atoms with Crippen molar-refractivity contribution in [2.24, 2.45) is 0 Å². The Bertz CT molecular complexity index is 752. The molecule has 0 aliphatic carbocycles. The molecular weight excluding hydrogens is 324 g/mol. The maximum atomic E-state index is 13.1. The highest BCUT2D eigenvalue weighted by atomic mass is 32.2. The average molecular weight is 339 g/mol. The summed E-state index contributed by atoms with van der Waals surface area (Å²) in [6.45, 7) is 1.49. The minimum absolute atomic E-state index is 0.100. The van der Waals surface area contributed by atoms with Gasteiger partial charge in [-0.05, 0) is 37.3 Å². The number of anilines is 1. The third kappa shape index (κ3) is 4.13. The van der Waals surface area contributed by atoms with Gasteiger partial charge in [0, 0.05) is 16.6 Å². The summed E-state index contributed by atoms with van der Waals surface area (Å²) in [5, 5.41) is 1.54. The molecule has 122 valence electrons. The first-order chi connectivity index (χ1) is 10.9. The molecule has 1 amide bonds. The van der Waals surface area contributed by atoms with Gasteiger partial charge in [-0.25, -0.2) is 8.78 Å². The number of halogens is 2. The van der Waals surface area contributed by atoms with Crippen molar-refractivity contribution in [2.45, 2.75) is 17.1 Å². The summed E-state index contributed by atoms with van der Waals surface area (Å²) in [6.07, 6.45) is 0. The maximum Gasteiger partial charge on any atom is 0.240 e. The van der Waals surface area contributed by atoms with Crippen molar-refractivity contribution < 1.29 is 22.5 Å². The van der Waals surface area contributed by atoms with E-state index >= 15 is 0 Å².